The van der Waals surface area contributed by atoms with Crippen LogP contribution in [0.4, 0.5) is 4.39 Å². The van der Waals surface area contributed by atoms with Crippen molar-refractivity contribution in [3.63, 3.8) is 0 Å². The van der Waals surface area contributed by atoms with E-state index in [1.165, 1.54) is 19.2 Å². The maximum atomic E-state index is 13.7. The number of nitrogens with one attached hydrogen (secondary N) is 1. The molecule has 27 heavy (non-hydrogen) atoms. The number of benzene rings is 1. The average molecular weight is 379 g/mol. The first-order valence-electron chi connectivity index (χ1n) is 9.08. The number of likely N-dealkylation sites (tertiary alicyclic amines) is 1. The summed E-state index contributed by atoms with van der Waals surface area (Å²) in [5.74, 6) is -1.37. The van der Waals surface area contributed by atoms with Gasteiger partial charge in [-0.3, -0.25) is 14.4 Å². The lowest BCUT2D eigenvalue weighted by Gasteiger charge is -2.32. The molecule has 148 valence electrons. The summed E-state index contributed by atoms with van der Waals surface area (Å²) in [6.07, 6.45) is 1.49. The second-order valence-electron chi connectivity index (χ2n) is 6.53. The van der Waals surface area contributed by atoms with Crippen LogP contribution in [0.1, 0.15) is 36.0 Å². The van der Waals surface area contributed by atoms with Crippen LogP contribution in [0, 0.1) is 11.7 Å². The minimum absolute atomic E-state index is 0.00879. The van der Waals surface area contributed by atoms with Gasteiger partial charge in [-0.2, -0.15) is 0 Å². The number of hydrogen-bond acceptors (Lipinski definition) is 5. The van der Waals surface area contributed by atoms with E-state index >= 15 is 0 Å². The summed E-state index contributed by atoms with van der Waals surface area (Å²) in [5, 5.41) is 2.75. The summed E-state index contributed by atoms with van der Waals surface area (Å²) in [7, 11) is 1.35. The topological polar surface area (TPSA) is 102 Å². The predicted octanol–water partition coefficient (Wildman–Crippen LogP) is 1.11. The first-order chi connectivity index (χ1) is 13.0. The monoisotopic (exact) mass is 379 g/mol. The van der Waals surface area contributed by atoms with Gasteiger partial charge in [0.15, 0.2) is 17.3 Å². The van der Waals surface area contributed by atoms with Gasteiger partial charge in [0.1, 0.15) is 0 Å². The van der Waals surface area contributed by atoms with Crippen molar-refractivity contribution in [2.45, 2.75) is 25.7 Å². The molecule has 7 nitrogen and oxygen atoms in total. The number of hydrogen-bond donors (Lipinski definition) is 2. The molecule has 1 aromatic carbocycles. The van der Waals surface area contributed by atoms with E-state index in [4.69, 9.17) is 10.5 Å². The molecule has 1 atom stereocenters. The normalized spacial score (nSPS) is 16.7. The molecule has 3 N–H and O–H groups in total. The summed E-state index contributed by atoms with van der Waals surface area (Å²) in [5.41, 5.74) is 5.59. The number of carbonyl (C=O) groups is 3. The van der Waals surface area contributed by atoms with Crippen LogP contribution < -0.4 is 15.8 Å². The van der Waals surface area contributed by atoms with Gasteiger partial charge in [0.05, 0.1) is 13.0 Å². The van der Waals surface area contributed by atoms with E-state index in [1.807, 2.05) is 0 Å². The highest BCUT2D eigenvalue weighted by Gasteiger charge is 2.28. The van der Waals surface area contributed by atoms with Crippen LogP contribution >= 0.6 is 0 Å². The molecule has 0 aliphatic carbocycles. The van der Waals surface area contributed by atoms with Crippen molar-refractivity contribution in [1.82, 2.24) is 10.2 Å². The molecular formula is C19H26FN3O4. The minimum Gasteiger partial charge on any atom is -0.494 e. The molecule has 2 amide bonds. The molecule has 0 radical (unpaired) electrons. The zero-order chi connectivity index (χ0) is 19.8. The van der Waals surface area contributed by atoms with Crippen molar-refractivity contribution in [1.29, 1.82) is 0 Å². The van der Waals surface area contributed by atoms with Crippen LogP contribution in [0.5, 0.6) is 5.75 Å². The molecule has 0 bridgehead atoms. The van der Waals surface area contributed by atoms with E-state index in [9.17, 15) is 18.8 Å². The Balaban J connectivity index is 1.86. The van der Waals surface area contributed by atoms with Gasteiger partial charge in [-0.25, -0.2) is 4.39 Å². The molecular weight excluding hydrogens is 353 g/mol. The van der Waals surface area contributed by atoms with Crippen LogP contribution in [-0.4, -0.2) is 55.8 Å². The van der Waals surface area contributed by atoms with Gasteiger partial charge < -0.3 is 20.7 Å². The molecule has 0 aromatic heterocycles. The summed E-state index contributed by atoms with van der Waals surface area (Å²) < 4.78 is 18.5. The highest BCUT2D eigenvalue weighted by Crippen LogP contribution is 2.20. The third kappa shape index (κ3) is 5.75. The maximum absolute atomic E-state index is 13.7. The zero-order valence-electron chi connectivity index (χ0n) is 15.5. The summed E-state index contributed by atoms with van der Waals surface area (Å²) in [6, 6.07) is 3.98. The number of nitrogens with two attached hydrogens (primary N) is 1. The van der Waals surface area contributed by atoms with Gasteiger partial charge in [0.25, 0.3) is 0 Å². The number of carbonyl (C=O) groups excluding carboxylic acids is 3. The molecule has 1 unspecified atom stereocenters. The molecule has 1 aliphatic heterocycles. The highest BCUT2D eigenvalue weighted by molar-refractivity contribution is 5.98. The Morgan fingerprint density at radius 1 is 1.33 bits per heavy atom. The first-order valence-corrected chi connectivity index (χ1v) is 9.08. The number of piperidine rings is 1. The van der Waals surface area contributed by atoms with E-state index in [2.05, 4.69) is 5.32 Å². The largest absolute Gasteiger partial charge is 0.494 e. The smallest absolute Gasteiger partial charge is 0.224 e. The van der Waals surface area contributed by atoms with Crippen LogP contribution in [0.3, 0.4) is 0 Å². The Hall–Kier alpha value is -2.48. The fourth-order valence-corrected chi connectivity index (χ4v) is 3.12. The minimum atomic E-state index is -0.614. The number of amides is 2. The van der Waals surface area contributed by atoms with Crippen molar-refractivity contribution in [2.24, 2.45) is 11.7 Å². The Morgan fingerprint density at radius 2 is 2.11 bits per heavy atom. The summed E-state index contributed by atoms with van der Waals surface area (Å²) >= 11 is 0. The lowest BCUT2D eigenvalue weighted by atomic mass is 9.96. The molecule has 8 heteroatoms. The van der Waals surface area contributed by atoms with Crippen molar-refractivity contribution in [3.05, 3.63) is 29.6 Å². The standard InChI is InChI=1S/C19H26FN3O4/c1-27-17-6-4-13(11-15(17)20)16(24)5-7-18(25)23-10-2-3-14(12-23)19(26)22-9-8-21/h4,6,11,14H,2-3,5,7-10,12,21H2,1H3,(H,22,26). The molecule has 1 heterocycles. The zero-order valence-corrected chi connectivity index (χ0v) is 15.5. The third-order valence-electron chi connectivity index (χ3n) is 4.63. The molecule has 1 saturated heterocycles. The lowest BCUT2D eigenvalue weighted by Crippen LogP contribution is -2.46. The SMILES string of the molecule is COc1ccc(C(=O)CCC(=O)N2CCCC(C(=O)NCCN)C2)cc1F. The molecule has 0 spiro atoms. The van der Waals surface area contributed by atoms with E-state index in [0.29, 0.717) is 26.2 Å². The van der Waals surface area contributed by atoms with Crippen molar-refractivity contribution in [2.75, 3.05) is 33.3 Å². The number of halogens is 1. The van der Waals surface area contributed by atoms with Gasteiger partial charge in [0.2, 0.25) is 11.8 Å². The number of methoxy groups -OCH3 is 1. The van der Waals surface area contributed by atoms with Crippen LogP contribution in [0.15, 0.2) is 18.2 Å². The molecule has 0 saturated carbocycles. The molecule has 1 aromatic rings. The number of ketones is 1. The average Bonchev–Trinajstić information content (AvgIpc) is 2.69. The fourth-order valence-electron chi connectivity index (χ4n) is 3.12. The molecule has 1 fully saturated rings. The van der Waals surface area contributed by atoms with E-state index < -0.39 is 5.82 Å². The fraction of sp³-hybridized carbons (Fsp3) is 0.526. The summed E-state index contributed by atoms with van der Waals surface area (Å²) in [6.45, 7) is 1.71. The van der Waals surface area contributed by atoms with E-state index in [0.717, 1.165) is 18.9 Å². The number of nitrogens with zero attached hydrogens (tertiary/aromatic N) is 1. The predicted molar refractivity (Wildman–Crippen MR) is 97.9 cm³/mol. The second kappa shape index (κ2) is 10.0. The van der Waals surface area contributed by atoms with Crippen molar-refractivity contribution in [3.8, 4) is 5.75 Å². The van der Waals surface area contributed by atoms with Gasteiger partial charge in [-0.05, 0) is 31.0 Å². The van der Waals surface area contributed by atoms with Gasteiger partial charge in [-0.15, -0.1) is 0 Å². The van der Waals surface area contributed by atoms with Gasteiger partial charge in [0, 0.05) is 44.6 Å². The Kier molecular flexibility index (Phi) is 7.72. The second-order valence-corrected chi connectivity index (χ2v) is 6.53. The quantitative estimate of drug-likeness (QED) is 0.659. The van der Waals surface area contributed by atoms with Crippen molar-refractivity contribution < 1.29 is 23.5 Å². The number of Topliss-reactive ketones (excluding diaryl/α,β-unsaturated/α-hetero) is 1. The van der Waals surface area contributed by atoms with E-state index in [-0.39, 0.29) is 47.7 Å². The summed E-state index contributed by atoms with van der Waals surface area (Å²) in [4.78, 5) is 38.3. The van der Waals surface area contributed by atoms with Crippen LogP contribution in [-0.2, 0) is 9.59 Å². The van der Waals surface area contributed by atoms with Gasteiger partial charge in [-0.1, -0.05) is 0 Å². The maximum Gasteiger partial charge on any atom is 0.224 e. The lowest BCUT2D eigenvalue weighted by molar-refractivity contribution is -0.135. The van der Waals surface area contributed by atoms with Crippen molar-refractivity contribution >= 4 is 17.6 Å². The molecule has 2 rings (SSSR count). The van der Waals surface area contributed by atoms with E-state index in [1.54, 1.807) is 4.90 Å². The Bertz CT molecular complexity index is 696. The third-order valence-corrected chi connectivity index (χ3v) is 4.63. The Labute approximate surface area is 158 Å². The van der Waals surface area contributed by atoms with Gasteiger partial charge >= 0.3 is 0 Å². The van der Waals surface area contributed by atoms with Crippen LogP contribution in [0.2, 0.25) is 0 Å². The Morgan fingerprint density at radius 3 is 2.78 bits per heavy atom. The highest BCUT2D eigenvalue weighted by atomic mass is 19.1. The number of ether oxygens (including phenoxy) is 1. The first kappa shape index (κ1) is 20.8. The molecule has 1 aliphatic rings. The number of rotatable bonds is 8. The van der Waals surface area contributed by atoms with Crippen LogP contribution in [0.25, 0.3) is 0 Å².